The van der Waals surface area contributed by atoms with Crippen LogP contribution in [0, 0.1) is 6.92 Å². The van der Waals surface area contributed by atoms with Gasteiger partial charge in [-0.15, -0.1) is 0 Å². The summed E-state index contributed by atoms with van der Waals surface area (Å²) in [5, 5.41) is 0. The monoisotopic (exact) mass is 303 g/mol. The predicted octanol–water partition coefficient (Wildman–Crippen LogP) is 3.25. The van der Waals surface area contributed by atoms with Crippen LogP contribution in [0.5, 0.6) is 0 Å². The van der Waals surface area contributed by atoms with Crippen molar-refractivity contribution >= 4 is 11.6 Å². The first-order chi connectivity index (χ1) is 10.3. The fourth-order valence-corrected chi connectivity index (χ4v) is 3.99. The molecule has 0 unspecified atom stereocenters. The van der Waals surface area contributed by atoms with Crippen molar-refractivity contribution in [1.29, 1.82) is 0 Å². The van der Waals surface area contributed by atoms with E-state index in [0.717, 1.165) is 19.3 Å². The molecule has 1 heterocycles. The first-order valence-electron chi connectivity index (χ1n) is 8.22. The second-order valence-electron chi connectivity index (χ2n) is 7.11. The quantitative estimate of drug-likeness (QED) is 0.510. The lowest BCUT2D eigenvalue weighted by Crippen LogP contribution is -2.59. The van der Waals surface area contributed by atoms with E-state index in [1.165, 1.54) is 16.8 Å². The molecule has 2 rings (SSSR count). The summed E-state index contributed by atoms with van der Waals surface area (Å²) in [4.78, 5) is 14.7. The number of para-hydroxylation sites is 1. The summed E-state index contributed by atoms with van der Waals surface area (Å²) in [7, 11) is 0. The molecule has 1 aromatic rings. The minimum Gasteiger partial charge on any atom is -0.354 e. The average molecular weight is 303 g/mol. The van der Waals surface area contributed by atoms with Crippen LogP contribution in [0.1, 0.15) is 64.0 Å². The highest BCUT2D eigenvalue weighted by Crippen LogP contribution is 2.46. The Labute approximate surface area is 134 Å². The summed E-state index contributed by atoms with van der Waals surface area (Å²) < 4.78 is 0. The SMILES string of the molecule is CCC[C@H](C(=O)NN)N1c2c(C)cccc2[C@@H](C)CC1(C)C. The Morgan fingerprint density at radius 1 is 1.50 bits per heavy atom. The molecule has 0 saturated heterocycles. The van der Waals surface area contributed by atoms with E-state index >= 15 is 0 Å². The molecular weight excluding hydrogens is 274 g/mol. The molecule has 0 spiro atoms. The van der Waals surface area contributed by atoms with Crippen LogP contribution in [0.3, 0.4) is 0 Å². The summed E-state index contributed by atoms with van der Waals surface area (Å²) in [6, 6.07) is 6.21. The normalized spacial score (nSPS) is 21.2. The first-order valence-corrected chi connectivity index (χ1v) is 8.22. The molecule has 1 aromatic carbocycles. The van der Waals surface area contributed by atoms with E-state index in [1.54, 1.807) is 0 Å². The van der Waals surface area contributed by atoms with Crippen molar-refractivity contribution in [3.63, 3.8) is 0 Å². The van der Waals surface area contributed by atoms with E-state index in [-0.39, 0.29) is 17.5 Å². The molecule has 1 amide bonds. The van der Waals surface area contributed by atoms with E-state index in [1.807, 2.05) is 0 Å². The lowest BCUT2D eigenvalue weighted by atomic mass is 9.77. The molecule has 0 radical (unpaired) electrons. The zero-order valence-corrected chi connectivity index (χ0v) is 14.4. The zero-order chi connectivity index (χ0) is 16.5. The van der Waals surface area contributed by atoms with Gasteiger partial charge in [0.25, 0.3) is 5.91 Å². The molecule has 0 fully saturated rings. The Bertz CT molecular complexity index is 553. The van der Waals surface area contributed by atoms with Gasteiger partial charge in [0, 0.05) is 11.2 Å². The third-order valence-electron chi connectivity index (χ3n) is 4.82. The van der Waals surface area contributed by atoms with Gasteiger partial charge in [0.05, 0.1) is 0 Å². The first kappa shape index (κ1) is 16.8. The molecule has 2 atom stereocenters. The van der Waals surface area contributed by atoms with Crippen molar-refractivity contribution in [2.24, 2.45) is 5.84 Å². The number of amides is 1. The third-order valence-corrected chi connectivity index (χ3v) is 4.82. The lowest BCUT2D eigenvalue weighted by molar-refractivity contribution is -0.123. The predicted molar refractivity (Wildman–Crippen MR) is 91.8 cm³/mol. The summed E-state index contributed by atoms with van der Waals surface area (Å²) in [6.07, 6.45) is 2.78. The summed E-state index contributed by atoms with van der Waals surface area (Å²) in [6.45, 7) is 11.0. The Hall–Kier alpha value is -1.55. The van der Waals surface area contributed by atoms with Crippen LogP contribution in [0.4, 0.5) is 5.69 Å². The highest BCUT2D eigenvalue weighted by Gasteiger charge is 2.42. The number of hydrogen-bond acceptors (Lipinski definition) is 3. The number of anilines is 1. The van der Waals surface area contributed by atoms with Crippen LogP contribution < -0.4 is 16.2 Å². The van der Waals surface area contributed by atoms with Crippen molar-refractivity contribution in [3.8, 4) is 0 Å². The van der Waals surface area contributed by atoms with Crippen molar-refractivity contribution in [3.05, 3.63) is 29.3 Å². The van der Waals surface area contributed by atoms with Gasteiger partial charge in [-0.05, 0) is 50.7 Å². The molecule has 1 aliphatic rings. The summed E-state index contributed by atoms with van der Waals surface area (Å²) in [5.41, 5.74) is 6.07. The highest BCUT2D eigenvalue weighted by atomic mass is 16.2. The number of carbonyl (C=O) groups excluding carboxylic acids is 1. The number of aryl methyl sites for hydroxylation is 1. The molecule has 1 aliphatic heterocycles. The van der Waals surface area contributed by atoms with Gasteiger partial charge in [-0.3, -0.25) is 10.2 Å². The molecule has 22 heavy (non-hydrogen) atoms. The Balaban J connectivity index is 2.61. The van der Waals surface area contributed by atoms with Crippen molar-refractivity contribution in [2.75, 3.05) is 4.90 Å². The Kier molecular flexibility index (Phi) is 4.81. The van der Waals surface area contributed by atoms with Gasteiger partial charge in [-0.1, -0.05) is 38.5 Å². The van der Waals surface area contributed by atoms with Gasteiger partial charge < -0.3 is 4.90 Å². The number of hydrazine groups is 1. The molecule has 0 saturated carbocycles. The number of benzene rings is 1. The van der Waals surface area contributed by atoms with Crippen LogP contribution in [0.2, 0.25) is 0 Å². The van der Waals surface area contributed by atoms with E-state index in [4.69, 9.17) is 5.84 Å². The number of carbonyl (C=O) groups is 1. The standard InChI is InChI=1S/C18H29N3O/c1-6-8-15(17(22)20-19)21-16-12(2)9-7-10-14(16)13(3)11-18(21,4)5/h7,9-10,13,15H,6,8,11,19H2,1-5H3,(H,20,22)/t13-,15+/m0/s1. The third kappa shape index (κ3) is 2.84. The second-order valence-corrected chi connectivity index (χ2v) is 7.11. The van der Waals surface area contributed by atoms with Crippen LogP contribution >= 0.6 is 0 Å². The number of hydrogen-bond donors (Lipinski definition) is 2. The van der Waals surface area contributed by atoms with E-state index in [9.17, 15) is 4.79 Å². The van der Waals surface area contributed by atoms with Gasteiger partial charge in [-0.2, -0.15) is 0 Å². The molecule has 0 bridgehead atoms. The largest absolute Gasteiger partial charge is 0.354 e. The van der Waals surface area contributed by atoms with Crippen LogP contribution in [-0.4, -0.2) is 17.5 Å². The van der Waals surface area contributed by atoms with Crippen LogP contribution in [0.25, 0.3) is 0 Å². The average Bonchev–Trinajstić information content (AvgIpc) is 2.45. The molecule has 122 valence electrons. The molecular formula is C18H29N3O. The Morgan fingerprint density at radius 2 is 2.18 bits per heavy atom. The van der Waals surface area contributed by atoms with Gasteiger partial charge >= 0.3 is 0 Å². The molecule has 4 heteroatoms. The van der Waals surface area contributed by atoms with E-state index in [2.05, 4.69) is 63.1 Å². The highest BCUT2D eigenvalue weighted by molar-refractivity contribution is 5.86. The zero-order valence-electron chi connectivity index (χ0n) is 14.4. The topological polar surface area (TPSA) is 58.4 Å². The maximum atomic E-state index is 12.4. The molecule has 0 aliphatic carbocycles. The number of fused-ring (bicyclic) bond motifs is 1. The van der Waals surface area contributed by atoms with Crippen molar-refractivity contribution in [2.45, 2.75) is 71.4 Å². The Morgan fingerprint density at radius 3 is 2.77 bits per heavy atom. The lowest BCUT2D eigenvalue weighted by Gasteiger charge is -2.51. The van der Waals surface area contributed by atoms with Crippen LogP contribution in [-0.2, 0) is 4.79 Å². The number of nitrogens with two attached hydrogens (primary N) is 1. The minimum atomic E-state index is -0.225. The number of nitrogens with zero attached hydrogens (tertiary/aromatic N) is 1. The van der Waals surface area contributed by atoms with Gasteiger partial charge in [0.1, 0.15) is 6.04 Å². The van der Waals surface area contributed by atoms with E-state index in [0.29, 0.717) is 5.92 Å². The minimum absolute atomic E-state index is 0.0785. The maximum Gasteiger partial charge on any atom is 0.256 e. The van der Waals surface area contributed by atoms with Gasteiger partial charge in [0.15, 0.2) is 0 Å². The smallest absolute Gasteiger partial charge is 0.256 e. The molecule has 3 N–H and O–H groups in total. The van der Waals surface area contributed by atoms with Gasteiger partial charge in [0.2, 0.25) is 0 Å². The van der Waals surface area contributed by atoms with Gasteiger partial charge in [-0.25, -0.2) is 5.84 Å². The maximum absolute atomic E-state index is 12.4. The fraction of sp³-hybridized carbons (Fsp3) is 0.611. The molecule has 4 nitrogen and oxygen atoms in total. The fourth-order valence-electron chi connectivity index (χ4n) is 3.99. The van der Waals surface area contributed by atoms with Crippen molar-refractivity contribution in [1.82, 2.24) is 5.43 Å². The van der Waals surface area contributed by atoms with Crippen LogP contribution in [0.15, 0.2) is 18.2 Å². The van der Waals surface area contributed by atoms with Crippen molar-refractivity contribution < 1.29 is 4.79 Å². The molecule has 0 aromatic heterocycles. The van der Waals surface area contributed by atoms with E-state index < -0.39 is 0 Å². The number of rotatable bonds is 4. The number of nitrogens with one attached hydrogen (secondary N) is 1. The second kappa shape index (κ2) is 6.29. The summed E-state index contributed by atoms with van der Waals surface area (Å²) in [5.74, 6) is 5.85. The summed E-state index contributed by atoms with van der Waals surface area (Å²) >= 11 is 0.